The molecule has 0 aliphatic heterocycles. The third kappa shape index (κ3) is 2.48. The number of rotatable bonds is 5. The first kappa shape index (κ1) is 12.0. The number of aryl methyl sites for hydroxylation is 1. The van der Waals surface area contributed by atoms with Crippen LogP contribution < -0.4 is 0 Å². The van der Waals surface area contributed by atoms with Gasteiger partial charge in [0, 0.05) is 36.7 Å². The summed E-state index contributed by atoms with van der Waals surface area (Å²) in [5, 5.41) is 0. The third-order valence-corrected chi connectivity index (χ3v) is 2.83. The van der Waals surface area contributed by atoms with Gasteiger partial charge in [0.1, 0.15) is 0 Å². The molecule has 0 aromatic carbocycles. The first-order chi connectivity index (χ1) is 7.11. The average molecular weight is 209 g/mol. The average Bonchev–Trinajstić information content (AvgIpc) is 2.50. The van der Waals surface area contributed by atoms with Gasteiger partial charge in [-0.1, -0.05) is 0 Å². The summed E-state index contributed by atoms with van der Waals surface area (Å²) in [6, 6.07) is 2.31. The highest BCUT2D eigenvalue weighted by molar-refractivity contribution is 5.77. The van der Waals surface area contributed by atoms with E-state index in [0.29, 0.717) is 6.04 Å². The van der Waals surface area contributed by atoms with Crippen LogP contribution in [0.25, 0.3) is 0 Å². The highest BCUT2D eigenvalue weighted by atomic mass is 16.5. The van der Waals surface area contributed by atoms with E-state index in [1.807, 2.05) is 19.9 Å². The molecule has 1 heterocycles. The van der Waals surface area contributed by atoms with Crippen LogP contribution >= 0.6 is 0 Å². The van der Waals surface area contributed by atoms with Gasteiger partial charge in [-0.3, -0.25) is 4.79 Å². The zero-order valence-corrected chi connectivity index (χ0v) is 9.91. The van der Waals surface area contributed by atoms with Crippen LogP contribution in [0.15, 0.2) is 6.07 Å². The molecule has 3 nitrogen and oxygen atoms in total. The number of aromatic nitrogens is 1. The first-order valence-corrected chi connectivity index (χ1v) is 5.24. The lowest BCUT2D eigenvalue weighted by atomic mass is 10.2. The summed E-state index contributed by atoms with van der Waals surface area (Å²) in [6.07, 6.45) is 1.88. The Morgan fingerprint density at radius 3 is 2.67 bits per heavy atom. The molecule has 0 aliphatic rings. The summed E-state index contributed by atoms with van der Waals surface area (Å²) < 4.78 is 7.26. The molecule has 1 rings (SSSR count). The zero-order valence-electron chi connectivity index (χ0n) is 9.91. The number of hydrogen-bond acceptors (Lipinski definition) is 2. The van der Waals surface area contributed by atoms with Crippen LogP contribution in [0.3, 0.4) is 0 Å². The van der Waals surface area contributed by atoms with E-state index in [2.05, 4.69) is 11.5 Å². The number of carbonyl (C=O) groups is 1. The molecule has 84 valence electrons. The Hall–Kier alpha value is -1.09. The van der Waals surface area contributed by atoms with Crippen molar-refractivity contribution < 1.29 is 9.53 Å². The normalized spacial score (nSPS) is 12.8. The third-order valence-electron chi connectivity index (χ3n) is 2.83. The van der Waals surface area contributed by atoms with E-state index in [1.54, 1.807) is 7.11 Å². The van der Waals surface area contributed by atoms with E-state index >= 15 is 0 Å². The highest BCUT2D eigenvalue weighted by Gasteiger charge is 2.13. The largest absolute Gasteiger partial charge is 0.385 e. The molecule has 0 aliphatic carbocycles. The zero-order chi connectivity index (χ0) is 11.4. The summed E-state index contributed by atoms with van der Waals surface area (Å²) >= 11 is 0. The van der Waals surface area contributed by atoms with Crippen LogP contribution in [0.1, 0.15) is 41.1 Å². The predicted octanol–water partition coefficient (Wildman–Crippen LogP) is 2.51. The van der Waals surface area contributed by atoms with Gasteiger partial charge in [-0.2, -0.15) is 0 Å². The van der Waals surface area contributed by atoms with Crippen molar-refractivity contribution in [3.63, 3.8) is 0 Å². The molecule has 0 saturated carbocycles. The number of aldehydes is 1. The predicted molar refractivity (Wildman–Crippen MR) is 60.5 cm³/mol. The molecule has 0 spiro atoms. The molecule has 3 heteroatoms. The van der Waals surface area contributed by atoms with Gasteiger partial charge in [-0.15, -0.1) is 0 Å². The number of hydrogen-bond donors (Lipinski definition) is 0. The Morgan fingerprint density at radius 2 is 2.20 bits per heavy atom. The van der Waals surface area contributed by atoms with Crippen molar-refractivity contribution in [2.24, 2.45) is 0 Å². The van der Waals surface area contributed by atoms with Gasteiger partial charge in [0.2, 0.25) is 0 Å². The fourth-order valence-corrected chi connectivity index (χ4v) is 2.02. The van der Waals surface area contributed by atoms with Crippen LogP contribution in [-0.4, -0.2) is 24.6 Å². The van der Waals surface area contributed by atoms with Gasteiger partial charge < -0.3 is 9.30 Å². The fourth-order valence-electron chi connectivity index (χ4n) is 2.02. The van der Waals surface area contributed by atoms with Gasteiger partial charge in [-0.05, 0) is 33.3 Å². The van der Waals surface area contributed by atoms with Crippen LogP contribution in [0.5, 0.6) is 0 Å². The smallest absolute Gasteiger partial charge is 0.151 e. The van der Waals surface area contributed by atoms with E-state index < -0.39 is 0 Å². The van der Waals surface area contributed by atoms with Crippen LogP contribution in [0.2, 0.25) is 0 Å². The van der Waals surface area contributed by atoms with Crippen LogP contribution in [0, 0.1) is 13.8 Å². The van der Waals surface area contributed by atoms with E-state index in [9.17, 15) is 4.79 Å². The second-order valence-electron chi connectivity index (χ2n) is 3.94. The molecule has 0 radical (unpaired) electrons. The van der Waals surface area contributed by atoms with Crippen molar-refractivity contribution in [1.82, 2.24) is 4.57 Å². The molecule has 15 heavy (non-hydrogen) atoms. The lowest BCUT2D eigenvalue weighted by molar-refractivity contribution is 0.112. The molecule has 0 bridgehead atoms. The second kappa shape index (κ2) is 5.12. The van der Waals surface area contributed by atoms with Crippen LogP contribution in [0.4, 0.5) is 0 Å². The monoisotopic (exact) mass is 209 g/mol. The second-order valence-corrected chi connectivity index (χ2v) is 3.94. The first-order valence-electron chi connectivity index (χ1n) is 5.24. The van der Waals surface area contributed by atoms with Crippen molar-refractivity contribution in [3.05, 3.63) is 23.0 Å². The van der Waals surface area contributed by atoms with E-state index in [4.69, 9.17) is 4.74 Å². The number of nitrogens with zero attached hydrogens (tertiary/aromatic N) is 1. The Morgan fingerprint density at radius 1 is 1.53 bits per heavy atom. The van der Waals surface area contributed by atoms with E-state index in [-0.39, 0.29) is 0 Å². The van der Waals surface area contributed by atoms with Crippen molar-refractivity contribution >= 4 is 6.29 Å². The van der Waals surface area contributed by atoms with Gasteiger partial charge in [0.15, 0.2) is 6.29 Å². The van der Waals surface area contributed by atoms with Gasteiger partial charge in [0.05, 0.1) is 0 Å². The molecule has 1 atom stereocenters. The molecule has 0 saturated heterocycles. The molecular weight excluding hydrogens is 190 g/mol. The van der Waals surface area contributed by atoms with E-state index in [0.717, 1.165) is 36.3 Å². The molecule has 0 fully saturated rings. The Balaban J connectivity index is 2.92. The maximum Gasteiger partial charge on any atom is 0.151 e. The minimum atomic E-state index is 0.374. The quantitative estimate of drug-likeness (QED) is 0.698. The van der Waals surface area contributed by atoms with Crippen molar-refractivity contribution in [1.29, 1.82) is 0 Å². The van der Waals surface area contributed by atoms with Crippen molar-refractivity contribution in [2.75, 3.05) is 13.7 Å². The number of ether oxygens (including phenoxy) is 1. The summed E-state index contributed by atoms with van der Waals surface area (Å²) in [5.74, 6) is 0. The Kier molecular flexibility index (Phi) is 4.09. The van der Waals surface area contributed by atoms with Crippen LogP contribution in [-0.2, 0) is 4.74 Å². The summed E-state index contributed by atoms with van der Waals surface area (Å²) in [6.45, 7) is 6.91. The SMILES string of the molecule is COCCC(C)n1c(C)cc(C=O)c1C. The van der Waals surface area contributed by atoms with Gasteiger partial charge in [0.25, 0.3) is 0 Å². The molecule has 1 unspecified atom stereocenters. The Bertz CT molecular complexity index is 342. The molecule has 0 amide bonds. The maximum absolute atomic E-state index is 10.8. The topological polar surface area (TPSA) is 31.2 Å². The van der Waals surface area contributed by atoms with Gasteiger partial charge in [-0.25, -0.2) is 0 Å². The minimum absolute atomic E-state index is 0.374. The summed E-state index contributed by atoms with van der Waals surface area (Å²) in [4.78, 5) is 10.8. The lowest BCUT2D eigenvalue weighted by Crippen LogP contribution is -2.11. The van der Waals surface area contributed by atoms with Crippen molar-refractivity contribution in [2.45, 2.75) is 33.2 Å². The standard InChI is InChI=1S/C12H19NO2/c1-9(5-6-15-4)13-10(2)7-12(8-14)11(13)3/h7-9H,5-6H2,1-4H3. The number of carbonyl (C=O) groups excluding carboxylic acids is 1. The van der Waals surface area contributed by atoms with Gasteiger partial charge >= 0.3 is 0 Å². The van der Waals surface area contributed by atoms with E-state index in [1.165, 1.54) is 0 Å². The molecule has 1 aromatic rings. The summed E-state index contributed by atoms with van der Waals surface area (Å²) in [5.41, 5.74) is 2.97. The van der Waals surface area contributed by atoms with Crippen molar-refractivity contribution in [3.8, 4) is 0 Å². The highest BCUT2D eigenvalue weighted by Crippen LogP contribution is 2.21. The molecular formula is C12H19NO2. The minimum Gasteiger partial charge on any atom is -0.385 e. The lowest BCUT2D eigenvalue weighted by Gasteiger charge is -2.18. The maximum atomic E-state index is 10.8. The molecule has 1 aromatic heterocycles. The number of methoxy groups -OCH3 is 1. The Labute approximate surface area is 91.0 Å². The summed E-state index contributed by atoms with van der Waals surface area (Å²) in [7, 11) is 1.71. The fraction of sp³-hybridized carbons (Fsp3) is 0.583. The molecule has 0 N–H and O–H groups in total.